The van der Waals surface area contributed by atoms with Crippen LogP contribution < -0.4 is 10.1 Å². The second-order valence-corrected chi connectivity index (χ2v) is 7.47. The lowest BCUT2D eigenvalue weighted by Crippen LogP contribution is -2.12. The van der Waals surface area contributed by atoms with Gasteiger partial charge in [0.1, 0.15) is 17.9 Å². The fourth-order valence-electron chi connectivity index (χ4n) is 3.11. The van der Waals surface area contributed by atoms with Crippen LogP contribution >= 0.6 is 0 Å². The molecule has 0 radical (unpaired) electrons. The maximum Gasteiger partial charge on any atom is 0.255 e. The Labute approximate surface area is 184 Å². The number of aromatic nitrogens is 4. The summed E-state index contributed by atoms with van der Waals surface area (Å²) < 4.78 is 21.3. The zero-order valence-electron chi connectivity index (χ0n) is 18.2. The fraction of sp³-hybridized carbons (Fsp3) is 0.167. The van der Waals surface area contributed by atoms with Crippen molar-refractivity contribution >= 4 is 11.6 Å². The lowest BCUT2D eigenvalue weighted by atomic mass is 10.1. The van der Waals surface area contributed by atoms with Gasteiger partial charge in [0.15, 0.2) is 5.82 Å². The first kappa shape index (κ1) is 21.2. The third-order valence-corrected chi connectivity index (χ3v) is 5.27. The zero-order valence-corrected chi connectivity index (χ0v) is 18.2. The first-order chi connectivity index (χ1) is 15.3. The van der Waals surface area contributed by atoms with Gasteiger partial charge in [-0.25, -0.2) is 19.0 Å². The van der Waals surface area contributed by atoms with Crippen LogP contribution in [0.25, 0.3) is 5.82 Å². The molecule has 0 saturated carbocycles. The van der Waals surface area contributed by atoms with Crippen molar-refractivity contribution in [3.05, 3.63) is 88.8 Å². The van der Waals surface area contributed by atoms with Crippen LogP contribution in [0.2, 0.25) is 0 Å². The number of benzene rings is 2. The van der Waals surface area contributed by atoms with Gasteiger partial charge in [0.2, 0.25) is 5.88 Å². The molecule has 2 aromatic heterocycles. The lowest BCUT2D eigenvalue weighted by Gasteiger charge is -2.09. The SMILES string of the molecule is Cc1ccc(C(=O)Nc2ccc(Oc3cc(-n4nc(C)c(C)c4C)ncn3)cc2)cc1F. The molecular weight excluding hydrogens is 409 g/mol. The van der Waals surface area contributed by atoms with Gasteiger partial charge in [0.25, 0.3) is 5.91 Å². The van der Waals surface area contributed by atoms with Crippen molar-refractivity contribution in [2.24, 2.45) is 0 Å². The quantitative estimate of drug-likeness (QED) is 0.477. The average Bonchev–Trinajstić information content (AvgIpc) is 3.04. The summed E-state index contributed by atoms with van der Waals surface area (Å²) in [6.07, 6.45) is 1.42. The number of nitrogens with zero attached hydrogens (tertiary/aromatic N) is 4. The highest BCUT2D eigenvalue weighted by atomic mass is 19.1. The number of ether oxygens (including phenoxy) is 1. The highest BCUT2D eigenvalue weighted by molar-refractivity contribution is 6.04. The average molecular weight is 431 g/mol. The second-order valence-electron chi connectivity index (χ2n) is 7.47. The number of carbonyl (C=O) groups is 1. The Balaban J connectivity index is 1.46. The van der Waals surface area contributed by atoms with Gasteiger partial charge < -0.3 is 10.1 Å². The first-order valence-electron chi connectivity index (χ1n) is 10.0. The molecule has 1 amide bonds. The Morgan fingerprint density at radius 1 is 1.00 bits per heavy atom. The van der Waals surface area contributed by atoms with Crippen molar-refractivity contribution in [1.82, 2.24) is 19.7 Å². The van der Waals surface area contributed by atoms with Gasteiger partial charge in [0.05, 0.1) is 5.69 Å². The molecule has 4 rings (SSSR count). The molecule has 7 nitrogen and oxygen atoms in total. The van der Waals surface area contributed by atoms with Crippen molar-refractivity contribution in [2.45, 2.75) is 27.7 Å². The minimum absolute atomic E-state index is 0.251. The van der Waals surface area contributed by atoms with Crippen LogP contribution in [0.5, 0.6) is 11.6 Å². The third-order valence-electron chi connectivity index (χ3n) is 5.27. The highest BCUT2D eigenvalue weighted by Gasteiger charge is 2.12. The Kier molecular flexibility index (Phi) is 5.68. The summed E-state index contributed by atoms with van der Waals surface area (Å²) in [5.74, 6) is 0.711. The van der Waals surface area contributed by atoms with Crippen molar-refractivity contribution in [3.8, 4) is 17.4 Å². The smallest absolute Gasteiger partial charge is 0.255 e. The molecule has 2 aromatic carbocycles. The molecule has 8 heteroatoms. The van der Waals surface area contributed by atoms with E-state index < -0.39 is 11.7 Å². The van der Waals surface area contributed by atoms with Crippen LogP contribution in [-0.4, -0.2) is 25.7 Å². The molecule has 0 saturated heterocycles. The van der Waals surface area contributed by atoms with Crippen LogP contribution in [0.4, 0.5) is 10.1 Å². The Morgan fingerprint density at radius 3 is 2.41 bits per heavy atom. The van der Waals surface area contributed by atoms with E-state index in [-0.39, 0.29) is 5.56 Å². The van der Waals surface area contributed by atoms with Crippen LogP contribution in [0, 0.1) is 33.5 Å². The van der Waals surface area contributed by atoms with Gasteiger partial charge in [-0.05, 0) is 75.2 Å². The van der Waals surface area contributed by atoms with Crippen molar-refractivity contribution in [3.63, 3.8) is 0 Å². The molecule has 0 fully saturated rings. The number of amides is 1. The van der Waals surface area contributed by atoms with Gasteiger partial charge in [-0.1, -0.05) is 6.07 Å². The van der Waals surface area contributed by atoms with Crippen LogP contribution in [0.1, 0.15) is 32.9 Å². The molecule has 0 aliphatic carbocycles. The molecule has 162 valence electrons. The van der Waals surface area contributed by atoms with E-state index in [2.05, 4.69) is 20.4 Å². The van der Waals surface area contributed by atoms with Gasteiger partial charge >= 0.3 is 0 Å². The summed E-state index contributed by atoms with van der Waals surface area (Å²) in [5, 5.41) is 7.25. The second kappa shape index (κ2) is 8.58. The maximum absolute atomic E-state index is 13.7. The molecule has 0 aliphatic heterocycles. The molecule has 32 heavy (non-hydrogen) atoms. The van der Waals surface area contributed by atoms with E-state index in [0.29, 0.717) is 28.7 Å². The Morgan fingerprint density at radius 2 is 1.75 bits per heavy atom. The highest BCUT2D eigenvalue weighted by Crippen LogP contribution is 2.24. The van der Waals surface area contributed by atoms with Crippen LogP contribution in [0.3, 0.4) is 0 Å². The molecule has 0 aliphatic rings. The van der Waals surface area contributed by atoms with E-state index in [4.69, 9.17) is 4.74 Å². The molecule has 2 heterocycles. The maximum atomic E-state index is 13.7. The fourth-order valence-corrected chi connectivity index (χ4v) is 3.11. The van der Waals surface area contributed by atoms with E-state index in [1.54, 1.807) is 54.1 Å². The number of hydrogen-bond donors (Lipinski definition) is 1. The van der Waals surface area contributed by atoms with Crippen LogP contribution in [0.15, 0.2) is 54.9 Å². The number of anilines is 1. The van der Waals surface area contributed by atoms with Crippen molar-refractivity contribution in [2.75, 3.05) is 5.32 Å². The topological polar surface area (TPSA) is 81.9 Å². The third kappa shape index (κ3) is 4.34. The van der Waals surface area contributed by atoms with E-state index in [1.807, 2.05) is 20.8 Å². The number of nitrogens with one attached hydrogen (secondary N) is 1. The Hall–Kier alpha value is -4.07. The number of hydrogen-bond acceptors (Lipinski definition) is 5. The minimum Gasteiger partial charge on any atom is -0.439 e. The largest absolute Gasteiger partial charge is 0.439 e. The Bertz CT molecular complexity index is 1300. The van der Waals surface area contributed by atoms with Crippen LogP contribution in [-0.2, 0) is 0 Å². The predicted molar refractivity (Wildman–Crippen MR) is 119 cm³/mol. The monoisotopic (exact) mass is 431 g/mol. The zero-order chi connectivity index (χ0) is 22.8. The normalized spacial score (nSPS) is 10.8. The molecular formula is C24H22FN5O2. The van der Waals surface area contributed by atoms with Gasteiger partial charge in [0, 0.05) is 23.0 Å². The summed E-state index contributed by atoms with van der Waals surface area (Å²) in [4.78, 5) is 20.8. The summed E-state index contributed by atoms with van der Waals surface area (Å²) in [6, 6.07) is 12.9. The van der Waals surface area contributed by atoms with E-state index >= 15 is 0 Å². The standard InChI is InChI=1S/C24H22FN5O2/c1-14-5-6-18(11-21(14)25)24(31)28-19-7-9-20(10-8-19)32-23-12-22(26-13-27-23)30-17(4)15(2)16(3)29-30/h5-13H,1-4H3,(H,28,31). The number of rotatable bonds is 5. The number of halogens is 1. The summed E-state index contributed by atoms with van der Waals surface area (Å²) >= 11 is 0. The summed E-state index contributed by atoms with van der Waals surface area (Å²) in [7, 11) is 0. The molecule has 0 atom stereocenters. The first-order valence-corrected chi connectivity index (χ1v) is 10.0. The van der Waals surface area contributed by atoms with E-state index in [1.165, 1.54) is 12.4 Å². The predicted octanol–water partition coefficient (Wildman–Crippen LogP) is 5.08. The molecule has 0 unspecified atom stereocenters. The van der Waals surface area contributed by atoms with Crippen molar-refractivity contribution in [1.29, 1.82) is 0 Å². The summed E-state index contributed by atoms with van der Waals surface area (Å²) in [6.45, 7) is 7.60. The lowest BCUT2D eigenvalue weighted by molar-refractivity contribution is 0.102. The van der Waals surface area contributed by atoms with Gasteiger partial charge in [-0.15, -0.1) is 0 Å². The molecule has 0 bridgehead atoms. The van der Waals surface area contributed by atoms with Crippen molar-refractivity contribution < 1.29 is 13.9 Å². The molecule has 1 N–H and O–H groups in total. The minimum atomic E-state index is -0.416. The van der Waals surface area contributed by atoms with E-state index in [0.717, 1.165) is 17.0 Å². The van der Waals surface area contributed by atoms with Gasteiger partial charge in [-0.3, -0.25) is 4.79 Å². The number of carbonyl (C=O) groups excluding carboxylic acids is 1. The van der Waals surface area contributed by atoms with E-state index in [9.17, 15) is 9.18 Å². The summed E-state index contributed by atoms with van der Waals surface area (Å²) in [5.41, 5.74) is 4.35. The molecule has 4 aromatic rings. The number of aryl methyl sites for hydroxylation is 2. The van der Waals surface area contributed by atoms with Gasteiger partial charge in [-0.2, -0.15) is 5.10 Å². The molecule has 0 spiro atoms.